The molecule has 6 heteroatoms. The predicted octanol–water partition coefficient (Wildman–Crippen LogP) is 2.18. The molecule has 1 aromatic heterocycles. The van der Waals surface area contributed by atoms with E-state index >= 15 is 0 Å². The Labute approximate surface area is 142 Å². The molecule has 0 aliphatic carbocycles. The van der Waals surface area contributed by atoms with Gasteiger partial charge in [0.05, 0.1) is 18.2 Å². The van der Waals surface area contributed by atoms with Crippen molar-refractivity contribution in [2.75, 3.05) is 18.0 Å². The number of hydrogen-bond acceptors (Lipinski definition) is 5. The minimum Gasteiger partial charge on any atom is -0.392 e. The van der Waals surface area contributed by atoms with Crippen molar-refractivity contribution >= 4 is 5.69 Å². The van der Waals surface area contributed by atoms with Crippen LogP contribution in [0.2, 0.25) is 0 Å². The van der Waals surface area contributed by atoms with Crippen LogP contribution in [0.3, 0.4) is 0 Å². The quantitative estimate of drug-likeness (QED) is 0.932. The topological polar surface area (TPSA) is 78.0 Å². The highest BCUT2D eigenvalue weighted by molar-refractivity contribution is 5.56. The second kappa shape index (κ2) is 7.02. The summed E-state index contributed by atoms with van der Waals surface area (Å²) < 4.78 is 2.00. The molecule has 1 unspecified atom stereocenters. The van der Waals surface area contributed by atoms with E-state index < -0.39 is 0 Å². The monoisotopic (exact) mass is 325 g/mol. The minimum absolute atomic E-state index is 0.0482. The normalized spacial score (nSPS) is 17.8. The number of hydrogen-bond donors (Lipinski definition) is 1. The van der Waals surface area contributed by atoms with Crippen LogP contribution in [-0.4, -0.2) is 33.0 Å². The van der Waals surface area contributed by atoms with E-state index in [0.29, 0.717) is 11.5 Å². The van der Waals surface area contributed by atoms with Gasteiger partial charge in [-0.25, -0.2) is 9.67 Å². The highest BCUT2D eigenvalue weighted by atomic mass is 16.3. The van der Waals surface area contributed by atoms with Gasteiger partial charge in [0.1, 0.15) is 11.6 Å². The molecule has 1 aliphatic heterocycles. The number of aliphatic hydroxyl groups is 1. The molecule has 6 nitrogen and oxygen atoms in total. The van der Waals surface area contributed by atoms with Crippen LogP contribution >= 0.6 is 0 Å². The predicted molar refractivity (Wildman–Crippen MR) is 91.5 cm³/mol. The van der Waals surface area contributed by atoms with Crippen molar-refractivity contribution < 1.29 is 5.11 Å². The van der Waals surface area contributed by atoms with Crippen molar-refractivity contribution in [3.63, 3.8) is 0 Å². The van der Waals surface area contributed by atoms with Gasteiger partial charge >= 0.3 is 0 Å². The Hall–Kier alpha value is -2.39. The van der Waals surface area contributed by atoms with Crippen molar-refractivity contribution in [1.29, 1.82) is 5.26 Å². The van der Waals surface area contributed by atoms with E-state index in [1.54, 1.807) is 6.07 Å². The first kappa shape index (κ1) is 16.5. The zero-order chi connectivity index (χ0) is 17.1. The summed E-state index contributed by atoms with van der Waals surface area (Å²) >= 11 is 0. The van der Waals surface area contributed by atoms with Gasteiger partial charge < -0.3 is 10.0 Å². The van der Waals surface area contributed by atoms with E-state index in [1.165, 1.54) is 6.42 Å². The lowest BCUT2D eigenvalue weighted by atomic mass is 9.96. The van der Waals surface area contributed by atoms with Gasteiger partial charge in [-0.1, -0.05) is 0 Å². The lowest BCUT2D eigenvalue weighted by molar-refractivity contribution is 0.281. The second-order valence-corrected chi connectivity index (χ2v) is 6.46. The molecule has 0 spiro atoms. The zero-order valence-electron chi connectivity index (χ0n) is 14.2. The molecule has 1 aliphatic rings. The Morgan fingerprint density at radius 3 is 2.88 bits per heavy atom. The maximum Gasteiger partial charge on any atom is 0.147 e. The largest absolute Gasteiger partial charge is 0.392 e. The number of nitrogens with zero attached hydrogens (tertiary/aromatic N) is 5. The summed E-state index contributed by atoms with van der Waals surface area (Å²) in [5.41, 5.74) is 2.44. The number of rotatable bonds is 4. The number of aryl methyl sites for hydroxylation is 2. The van der Waals surface area contributed by atoms with Gasteiger partial charge in [-0.3, -0.25) is 0 Å². The molecule has 0 amide bonds. The first-order valence-corrected chi connectivity index (χ1v) is 8.37. The van der Waals surface area contributed by atoms with E-state index in [1.807, 2.05) is 30.7 Å². The average molecular weight is 325 g/mol. The lowest BCUT2D eigenvalue weighted by Crippen LogP contribution is -2.38. The van der Waals surface area contributed by atoms with Crippen LogP contribution in [0.5, 0.6) is 0 Å². The molecule has 2 aromatic rings. The highest BCUT2D eigenvalue weighted by Gasteiger charge is 2.23. The maximum atomic E-state index is 9.65. The van der Waals surface area contributed by atoms with E-state index in [0.717, 1.165) is 49.0 Å². The van der Waals surface area contributed by atoms with Crippen LogP contribution in [0.25, 0.3) is 0 Å². The first-order valence-electron chi connectivity index (χ1n) is 8.37. The number of nitriles is 1. The third-order valence-corrected chi connectivity index (χ3v) is 4.63. The summed E-state index contributed by atoms with van der Waals surface area (Å²) in [6, 6.07) is 7.69. The fourth-order valence-corrected chi connectivity index (χ4v) is 3.50. The van der Waals surface area contributed by atoms with Crippen LogP contribution in [0.15, 0.2) is 18.2 Å². The Morgan fingerprint density at radius 2 is 2.21 bits per heavy atom. The summed E-state index contributed by atoms with van der Waals surface area (Å²) in [4.78, 5) is 6.69. The third-order valence-electron chi connectivity index (χ3n) is 4.63. The molecule has 3 rings (SSSR count). The van der Waals surface area contributed by atoms with Gasteiger partial charge in [0.2, 0.25) is 0 Å². The van der Waals surface area contributed by atoms with E-state index in [9.17, 15) is 5.11 Å². The molecule has 126 valence electrons. The van der Waals surface area contributed by atoms with Crippen LogP contribution < -0.4 is 4.90 Å². The average Bonchev–Trinajstić information content (AvgIpc) is 2.91. The molecule has 1 fully saturated rings. The number of benzene rings is 1. The van der Waals surface area contributed by atoms with E-state index in [-0.39, 0.29) is 6.61 Å². The lowest BCUT2D eigenvalue weighted by Gasteiger charge is -2.35. The molecule has 1 atom stereocenters. The Balaban J connectivity index is 1.76. The highest BCUT2D eigenvalue weighted by Crippen LogP contribution is 2.28. The summed E-state index contributed by atoms with van der Waals surface area (Å²) in [5.74, 6) is 2.27. The molecular weight excluding hydrogens is 302 g/mol. The smallest absolute Gasteiger partial charge is 0.147 e. The Bertz CT molecular complexity index is 761. The number of aromatic nitrogens is 3. The van der Waals surface area contributed by atoms with E-state index in [2.05, 4.69) is 21.1 Å². The summed E-state index contributed by atoms with van der Waals surface area (Å²) in [7, 11) is 0. The van der Waals surface area contributed by atoms with Gasteiger partial charge in [-0.15, -0.1) is 0 Å². The molecule has 0 saturated carbocycles. The van der Waals surface area contributed by atoms with Crippen molar-refractivity contribution in [2.45, 2.75) is 39.8 Å². The van der Waals surface area contributed by atoms with E-state index in [4.69, 9.17) is 5.26 Å². The van der Waals surface area contributed by atoms with Crippen LogP contribution in [0.4, 0.5) is 5.69 Å². The maximum absolute atomic E-state index is 9.65. The van der Waals surface area contributed by atoms with Crippen molar-refractivity contribution in [3.05, 3.63) is 41.0 Å². The fourth-order valence-electron chi connectivity index (χ4n) is 3.50. The molecular formula is C18H23N5O. The Kier molecular flexibility index (Phi) is 4.81. The SMILES string of the molecule is Cc1nc(C)n(CC2CCCN(c3ccc(C#N)cc3CO)C2)n1. The summed E-state index contributed by atoms with van der Waals surface area (Å²) in [6.07, 6.45) is 2.28. The third kappa shape index (κ3) is 3.41. The molecule has 1 N–H and O–H groups in total. The first-order chi connectivity index (χ1) is 11.6. The molecule has 0 bridgehead atoms. The van der Waals surface area contributed by atoms with Crippen LogP contribution in [0.1, 0.15) is 35.6 Å². The van der Waals surface area contributed by atoms with Gasteiger partial charge in [-0.2, -0.15) is 10.4 Å². The van der Waals surface area contributed by atoms with Crippen LogP contribution in [0, 0.1) is 31.1 Å². The minimum atomic E-state index is -0.0482. The van der Waals surface area contributed by atoms with Crippen molar-refractivity contribution in [3.8, 4) is 6.07 Å². The van der Waals surface area contributed by atoms with Gasteiger partial charge in [0, 0.05) is 30.9 Å². The fraction of sp³-hybridized carbons (Fsp3) is 0.500. The van der Waals surface area contributed by atoms with Crippen molar-refractivity contribution in [1.82, 2.24) is 14.8 Å². The molecule has 1 aromatic carbocycles. The zero-order valence-corrected chi connectivity index (χ0v) is 14.2. The summed E-state index contributed by atoms with van der Waals surface area (Å²) in [6.45, 7) is 6.63. The summed E-state index contributed by atoms with van der Waals surface area (Å²) in [5, 5.41) is 23.2. The Morgan fingerprint density at radius 1 is 1.38 bits per heavy atom. The standard InChI is InChI=1S/C18H23N5O/c1-13-20-14(2)23(21-13)11-16-4-3-7-22(10-16)18-6-5-15(9-19)8-17(18)12-24/h5-6,8,16,24H,3-4,7,10-12H2,1-2H3. The van der Waals surface area contributed by atoms with Gasteiger partial charge in [0.25, 0.3) is 0 Å². The molecule has 0 radical (unpaired) electrons. The molecule has 2 heterocycles. The van der Waals surface area contributed by atoms with Crippen molar-refractivity contribution in [2.24, 2.45) is 5.92 Å². The second-order valence-electron chi connectivity index (χ2n) is 6.46. The molecule has 1 saturated heterocycles. The van der Waals surface area contributed by atoms with Crippen LogP contribution in [-0.2, 0) is 13.2 Å². The van der Waals surface area contributed by atoms with Gasteiger partial charge in [-0.05, 0) is 50.8 Å². The number of aliphatic hydroxyl groups excluding tert-OH is 1. The number of piperidine rings is 1. The van der Waals surface area contributed by atoms with Gasteiger partial charge in [0.15, 0.2) is 0 Å². The number of anilines is 1. The molecule has 24 heavy (non-hydrogen) atoms.